The topological polar surface area (TPSA) is 38.3 Å². The Labute approximate surface area is 146 Å². The molecule has 0 aliphatic rings. The van der Waals surface area contributed by atoms with E-state index in [0.717, 1.165) is 6.42 Å². The minimum Gasteiger partial charge on any atom is -0.481 e. The van der Waals surface area contributed by atoms with E-state index in [2.05, 4.69) is 12.2 Å². The Hall–Kier alpha value is -1.71. The van der Waals surface area contributed by atoms with E-state index in [0.29, 0.717) is 27.9 Å². The third-order valence-electron chi connectivity index (χ3n) is 3.40. The van der Waals surface area contributed by atoms with E-state index in [9.17, 15) is 4.79 Å². The number of rotatable bonds is 6. The number of carbonyl (C=O) groups excluding carboxylic acids is 1. The van der Waals surface area contributed by atoms with Crippen molar-refractivity contribution in [1.29, 1.82) is 0 Å². The average Bonchev–Trinajstić information content (AvgIpc) is 2.52. The largest absolute Gasteiger partial charge is 0.481 e. The number of benzene rings is 2. The van der Waals surface area contributed by atoms with Crippen LogP contribution in [0.25, 0.3) is 0 Å². The van der Waals surface area contributed by atoms with Crippen molar-refractivity contribution in [3.05, 3.63) is 58.1 Å². The fourth-order valence-corrected chi connectivity index (χ4v) is 2.67. The molecule has 2 rings (SSSR count). The van der Waals surface area contributed by atoms with Crippen molar-refractivity contribution in [1.82, 2.24) is 0 Å². The van der Waals surface area contributed by atoms with Gasteiger partial charge < -0.3 is 10.1 Å². The summed E-state index contributed by atoms with van der Waals surface area (Å²) in [7, 11) is 0. The molecule has 0 aromatic heterocycles. The van der Waals surface area contributed by atoms with E-state index < -0.39 is 6.10 Å². The maximum atomic E-state index is 12.4. The molecule has 5 heteroatoms. The molecule has 0 bridgehead atoms. The normalized spacial score (nSPS) is 11.8. The summed E-state index contributed by atoms with van der Waals surface area (Å²) in [4.78, 5) is 12.4. The van der Waals surface area contributed by atoms with Crippen molar-refractivity contribution in [2.75, 3.05) is 5.32 Å². The Balaban J connectivity index is 2.05. The summed E-state index contributed by atoms with van der Waals surface area (Å²) in [6.07, 6.45) is 0.934. The number of hydrogen-bond acceptors (Lipinski definition) is 2. The minimum absolute atomic E-state index is 0.231. The van der Waals surface area contributed by atoms with Gasteiger partial charge in [0.25, 0.3) is 5.91 Å². The van der Waals surface area contributed by atoms with Gasteiger partial charge in [0.1, 0.15) is 5.75 Å². The molecule has 0 aliphatic heterocycles. The van der Waals surface area contributed by atoms with Crippen molar-refractivity contribution < 1.29 is 9.53 Å². The summed E-state index contributed by atoms with van der Waals surface area (Å²) in [6.45, 7) is 3.99. The maximum Gasteiger partial charge on any atom is 0.265 e. The zero-order valence-electron chi connectivity index (χ0n) is 13.1. The molecule has 0 fully saturated rings. The highest BCUT2D eigenvalue weighted by Crippen LogP contribution is 2.23. The van der Waals surface area contributed by atoms with Crippen LogP contribution in [-0.4, -0.2) is 12.0 Å². The van der Waals surface area contributed by atoms with Crippen molar-refractivity contribution in [2.24, 2.45) is 0 Å². The molecule has 0 unspecified atom stereocenters. The fourth-order valence-electron chi connectivity index (χ4n) is 2.14. The molecule has 0 heterocycles. The number of halogens is 2. The molecule has 2 aromatic rings. The van der Waals surface area contributed by atoms with Crippen LogP contribution in [0, 0.1) is 0 Å². The van der Waals surface area contributed by atoms with Crippen LogP contribution in [0.1, 0.15) is 25.8 Å². The van der Waals surface area contributed by atoms with E-state index in [-0.39, 0.29) is 5.91 Å². The van der Waals surface area contributed by atoms with E-state index in [1.165, 1.54) is 5.56 Å². The van der Waals surface area contributed by atoms with Crippen LogP contribution < -0.4 is 10.1 Å². The molecule has 3 nitrogen and oxygen atoms in total. The second kappa shape index (κ2) is 8.23. The van der Waals surface area contributed by atoms with Crippen molar-refractivity contribution in [2.45, 2.75) is 32.8 Å². The lowest BCUT2D eigenvalue weighted by Crippen LogP contribution is -2.32. The second-order valence-corrected chi connectivity index (χ2v) is 6.03. The van der Waals surface area contributed by atoms with Gasteiger partial charge in [-0.3, -0.25) is 4.79 Å². The molecule has 1 atom stereocenters. The number of ether oxygens (including phenoxy) is 1. The Morgan fingerprint density at radius 2 is 1.70 bits per heavy atom. The predicted octanol–water partition coefficient (Wildman–Crippen LogP) is 5.35. The lowest BCUT2D eigenvalue weighted by Gasteiger charge is -2.17. The zero-order chi connectivity index (χ0) is 16.8. The summed E-state index contributed by atoms with van der Waals surface area (Å²) in [5.41, 5.74) is 1.78. The van der Waals surface area contributed by atoms with Gasteiger partial charge in [-0.05, 0) is 48.7 Å². The van der Waals surface area contributed by atoms with Crippen molar-refractivity contribution in [3.8, 4) is 5.75 Å². The molecule has 23 heavy (non-hydrogen) atoms. The van der Waals surface area contributed by atoms with Gasteiger partial charge in [0, 0.05) is 15.7 Å². The summed E-state index contributed by atoms with van der Waals surface area (Å²) in [5.74, 6) is 0.443. The minimum atomic E-state index is -0.583. The number of hydrogen-bond donors (Lipinski definition) is 1. The van der Waals surface area contributed by atoms with Gasteiger partial charge >= 0.3 is 0 Å². The lowest BCUT2D eigenvalue weighted by atomic mass is 10.1. The molecule has 0 radical (unpaired) electrons. The highest BCUT2D eigenvalue weighted by Gasteiger charge is 2.18. The van der Waals surface area contributed by atoms with E-state index in [4.69, 9.17) is 27.9 Å². The van der Waals surface area contributed by atoms with Gasteiger partial charge in [0.05, 0.1) is 0 Å². The van der Waals surface area contributed by atoms with Crippen LogP contribution in [0.3, 0.4) is 0 Å². The molecule has 0 saturated heterocycles. The summed E-state index contributed by atoms with van der Waals surface area (Å²) >= 11 is 11.9. The Bertz CT molecular complexity index is 651. The highest BCUT2D eigenvalue weighted by molar-refractivity contribution is 6.35. The first kappa shape index (κ1) is 17.6. The molecule has 1 N–H and O–H groups in total. The summed E-state index contributed by atoms with van der Waals surface area (Å²) in [5, 5.41) is 3.72. The maximum absolute atomic E-state index is 12.4. The standard InChI is InChI=1S/C18H19Cl2NO2/c1-3-12-5-7-16(8-6-12)23-17(4-2)18(22)21-15-10-13(19)9-14(20)11-15/h5-11,17H,3-4H2,1-2H3,(H,21,22)/t17-/m0/s1. The molecule has 122 valence electrons. The Morgan fingerprint density at radius 1 is 1.09 bits per heavy atom. The third kappa shape index (κ3) is 5.15. The Morgan fingerprint density at radius 3 is 2.22 bits per heavy atom. The second-order valence-electron chi connectivity index (χ2n) is 5.16. The zero-order valence-corrected chi connectivity index (χ0v) is 14.6. The summed E-state index contributed by atoms with van der Waals surface area (Å²) < 4.78 is 5.78. The molecular formula is C18H19Cl2NO2. The van der Waals surface area contributed by atoms with Gasteiger partial charge in [-0.1, -0.05) is 49.2 Å². The van der Waals surface area contributed by atoms with E-state index in [1.54, 1.807) is 18.2 Å². The first-order chi connectivity index (χ1) is 11.0. The van der Waals surface area contributed by atoms with E-state index in [1.807, 2.05) is 31.2 Å². The molecule has 0 saturated carbocycles. The fraction of sp³-hybridized carbons (Fsp3) is 0.278. The third-order valence-corrected chi connectivity index (χ3v) is 3.84. The van der Waals surface area contributed by atoms with Gasteiger partial charge in [0.2, 0.25) is 0 Å². The number of aryl methyl sites for hydroxylation is 1. The first-order valence-corrected chi connectivity index (χ1v) is 8.30. The number of carbonyl (C=O) groups is 1. The highest BCUT2D eigenvalue weighted by atomic mass is 35.5. The lowest BCUT2D eigenvalue weighted by molar-refractivity contribution is -0.122. The van der Waals surface area contributed by atoms with E-state index >= 15 is 0 Å². The summed E-state index contributed by atoms with van der Waals surface area (Å²) in [6, 6.07) is 12.7. The van der Waals surface area contributed by atoms with Crippen LogP contribution in [0.2, 0.25) is 10.0 Å². The number of anilines is 1. The van der Waals surface area contributed by atoms with Crippen LogP contribution in [0.4, 0.5) is 5.69 Å². The predicted molar refractivity (Wildman–Crippen MR) is 95.6 cm³/mol. The van der Waals surface area contributed by atoms with Crippen LogP contribution >= 0.6 is 23.2 Å². The van der Waals surface area contributed by atoms with Crippen LogP contribution in [0.15, 0.2) is 42.5 Å². The smallest absolute Gasteiger partial charge is 0.265 e. The van der Waals surface area contributed by atoms with Crippen molar-refractivity contribution >= 4 is 34.8 Å². The van der Waals surface area contributed by atoms with Crippen LogP contribution in [0.5, 0.6) is 5.75 Å². The van der Waals surface area contributed by atoms with Gasteiger partial charge in [-0.2, -0.15) is 0 Å². The molecular weight excluding hydrogens is 333 g/mol. The molecule has 0 aliphatic carbocycles. The number of nitrogens with one attached hydrogen (secondary N) is 1. The number of amides is 1. The van der Waals surface area contributed by atoms with Gasteiger partial charge in [-0.25, -0.2) is 0 Å². The van der Waals surface area contributed by atoms with Crippen LogP contribution in [-0.2, 0) is 11.2 Å². The Kier molecular flexibility index (Phi) is 6.31. The molecule has 0 spiro atoms. The first-order valence-electron chi connectivity index (χ1n) is 7.54. The molecule has 1 amide bonds. The van der Waals surface area contributed by atoms with Gasteiger partial charge in [-0.15, -0.1) is 0 Å². The monoisotopic (exact) mass is 351 g/mol. The van der Waals surface area contributed by atoms with Crippen molar-refractivity contribution in [3.63, 3.8) is 0 Å². The SMILES string of the molecule is CCc1ccc(O[C@@H](CC)C(=O)Nc2cc(Cl)cc(Cl)c2)cc1. The van der Waals surface area contributed by atoms with Gasteiger partial charge in [0.15, 0.2) is 6.10 Å². The quantitative estimate of drug-likeness (QED) is 0.761. The molecule has 2 aromatic carbocycles. The average molecular weight is 352 g/mol.